The number of nitrogens with zero attached hydrogens (tertiary/aromatic N) is 1. The van der Waals surface area contributed by atoms with Gasteiger partial charge in [-0.3, -0.25) is 0 Å². The number of nitrogens with one attached hydrogen (secondary N) is 1. The molecule has 0 spiro atoms. The monoisotopic (exact) mass is 235 g/mol. The molecule has 3 heteroatoms. The average Bonchev–Trinajstić information content (AvgIpc) is 2.82. The van der Waals surface area contributed by atoms with Crippen molar-refractivity contribution >= 4 is 0 Å². The van der Waals surface area contributed by atoms with Gasteiger partial charge in [-0.15, -0.1) is 0 Å². The first-order chi connectivity index (χ1) is 8.20. The van der Waals surface area contributed by atoms with Gasteiger partial charge < -0.3 is 9.64 Å². The Bertz CT molecular complexity index is 317. The van der Waals surface area contributed by atoms with Crippen LogP contribution in [0.3, 0.4) is 0 Å². The fourth-order valence-corrected chi connectivity index (χ4v) is 1.96. The standard InChI is InChI=1S/C14H22N2O/c1-3-14(2,17-13-7-9-15)8-6-12-16-10-4-5-11-16/h3-5,7,10-13H2,1-2H3/p+1/t14-/m0/s1. The van der Waals surface area contributed by atoms with E-state index >= 15 is 0 Å². The minimum Gasteiger partial charge on any atom is -0.362 e. The van der Waals surface area contributed by atoms with Gasteiger partial charge in [0.15, 0.2) is 0 Å². The number of likely N-dealkylation sites (tertiary alicyclic amines) is 1. The lowest BCUT2D eigenvalue weighted by Crippen LogP contribution is -3.09. The summed E-state index contributed by atoms with van der Waals surface area (Å²) in [5.41, 5.74) is -0.379. The molecule has 17 heavy (non-hydrogen) atoms. The highest BCUT2D eigenvalue weighted by Crippen LogP contribution is 2.13. The van der Waals surface area contributed by atoms with Crippen LogP contribution in [0.1, 0.15) is 39.5 Å². The predicted octanol–water partition coefficient (Wildman–Crippen LogP) is 0.767. The van der Waals surface area contributed by atoms with E-state index < -0.39 is 0 Å². The Hall–Kier alpha value is -1.03. The summed E-state index contributed by atoms with van der Waals surface area (Å²) in [6.45, 7) is 8.00. The highest BCUT2D eigenvalue weighted by atomic mass is 16.5. The Balaban J connectivity index is 2.38. The van der Waals surface area contributed by atoms with E-state index in [1.54, 1.807) is 4.90 Å². The van der Waals surface area contributed by atoms with Crippen molar-refractivity contribution in [2.75, 3.05) is 26.2 Å². The number of nitriles is 1. The Labute approximate surface area is 105 Å². The Morgan fingerprint density at radius 2 is 2.06 bits per heavy atom. The molecule has 0 saturated carbocycles. The summed E-state index contributed by atoms with van der Waals surface area (Å²) in [7, 11) is 0. The second-order valence-corrected chi connectivity index (χ2v) is 4.78. The lowest BCUT2D eigenvalue weighted by atomic mass is 10.0. The summed E-state index contributed by atoms with van der Waals surface area (Å²) in [4.78, 5) is 1.59. The molecule has 0 aliphatic carbocycles. The third-order valence-corrected chi connectivity index (χ3v) is 3.31. The minimum absolute atomic E-state index is 0.379. The maximum absolute atomic E-state index is 8.49. The molecular formula is C14H23N2O+. The van der Waals surface area contributed by atoms with Crippen LogP contribution in [-0.4, -0.2) is 31.8 Å². The molecule has 1 fully saturated rings. The fraction of sp³-hybridized carbons (Fsp3) is 0.786. The van der Waals surface area contributed by atoms with Gasteiger partial charge in [0.25, 0.3) is 0 Å². The summed E-state index contributed by atoms with van der Waals surface area (Å²) >= 11 is 0. The molecule has 0 aromatic heterocycles. The van der Waals surface area contributed by atoms with Gasteiger partial charge in [0.2, 0.25) is 0 Å². The molecule has 1 heterocycles. The summed E-state index contributed by atoms with van der Waals surface area (Å²) in [6, 6.07) is 2.09. The first kappa shape index (κ1) is 14.0. The van der Waals surface area contributed by atoms with Gasteiger partial charge in [0, 0.05) is 12.8 Å². The van der Waals surface area contributed by atoms with E-state index in [2.05, 4.69) is 24.8 Å². The molecule has 1 N–H and O–H groups in total. The van der Waals surface area contributed by atoms with Gasteiger partial charge in [-0.1, -0.05) is 12.8 Å². The van der Waals surface area contributed by atoms with Gasteiger partial charge >= 0.3 is 0 Å². The van der Waals surface area contributed by atoms with Crippen LogP contribution < -0.4 is 4.90 Å². The molecule has 0 bridgehead atoms. The number of hydrogen-bond acceptors (Lipinski definition) is 2. The first-order valence-electron chi connectivity index (χ1n) is 6.54. The van der Waals surface area contributed by atoms with Gasteiger partial charge in [-0.2, -0.15) is 5.26 Å². The largest absolute Gasteiger partial charge is 0.362 e. The molecule has 0 radical (unpaired) electrons. The molecule has 0 amide bonds. The van der Waals surface area contributed by atoms with Crippen LogP contribution in [0.25, 0.3) is 0 Å². The van der Waals surface area contributed by atoms with Gasteiger partial charge in [0.05, 0.1) is 32.2 Å². The van der Waals surface area contributed by atoms with E-state index in [-0.39, 0.29) is 5.60 Å². The van der Waals surface area contributed by atoms with Crippen LogP contribution >= 0.6 is 0 Å². The van der Waals surface area contributed by atoms with Crippen molar-refractivity contribution in [3.8, 4) is 17.9 Å². The summed E-state index contributed by atoms with van der Waals surface area (Å²) < 4.78 is 5.68. The molecule has 1 atom stereocenters. The fourth-order valence-electron chi connectivity index (χ4n) is 1.96. The van der Waals surface area contributed by atoms with Crippen molar-refractivity contribution in [1.82, 2.24) is 0 Å². The highest BCUT2D eigenvalue weighted by molar-refractivity contribution is 5.12. The molecule has 3 nitrogen and oxygen atoms in total. The van der Waals surface area contributed by atoms with E-state index in [0.29, 0.717) is 13.0 Å². The summed E-state index contributed by atoms with van der Waals surface area (Å²) in [6.07, 6.45) is 3.97. The van der Waals surface area contributed by atoms with Crippen LogP contribution in [0, 0.1) is 23.2 Å². The topological polar surface area (TPSA) is 37.5 Å². The summed E-state index contributed by atoms with van der Waals surface area (Å²) in [5, 5.41) is 8.49. The number of hydrogen-bond donors (Lipinski definition) is 1. The second-order valence-electron chi connectivity index (χ2n) is 4.78. The van der Waals surface area contributed by atoms with Crippen molar-refractivity contribution in [3.05, 3.63) is 0 Å². The van der Waals surface area contributed by atoms with E-state index in [1.165, 1.54) is 25.9 Å². The number of quaternary nitrogens is 1. The van der Waals surface area contributed by atoms with Crippen LogP contribution in [0.5, 0.6) is 0 Å². The molecule has 0 aromatic carbocycles. The number of ether oxygens (including phenoxy) is 1. The van der Waals surface area contributed by atoms with Gasteiger partial charge in [0.1, 0.15) is 12.1 Å². The maximum Gasteiger partial charge on any atom is 0.139 e. The smallest absolute Gasteiger partial charge is 0.139 e. The molecule has 1 saturated heterocycles. The molecular weight excluding hydrogens is 212 g/mol. The van der Waals surface area contributed by atoms with E-state index in [0.717, 1.165) is 13.0 Å². The highest BCUT2D eigenvalue weighted by Gasteiger charge is 2.19. The van der Waals surface area contributed by atoms with Crippen molar-refractivity contribution in [2.45, 2.75) is 45.1 Å². The Morgan fingerprint density at radius 3 is 2.65 bits per heavy atom. The molecule has 94 valence electrons. The zero-order valence-electron chi connectivity index (χ0n) is 11.0. The number of rotatable bonds is 5. The van der Waals surface area contributed by atoms with Gasteiger partial charge in [-0.05, 0) is 19.3 Å². The molecule has 0 unspecified atom stereocenters. The van der Waals surface area contributed by atoms with Crippen molar-refractivity contribution < 1.29 is 9.64 Å². The first-order valence-corrected chi connectivity index (χ1v) is 6.54. The van der Waals surface area contributed by atoms with Crippen LogP contribution in [0.4, 0.5) is 0 Å². The predicted molar refractivity (Wildman–Crippen MR) is 67.5 cm³/mol. The maximum atomic E-state index is 8.49. The lowest BCUT2D eigenvalue weighted by Gasteiger charge is -2.21. The third kappa shape index (κ3) is 5.22. The second kappa shape index (κ2) is 7.33. The Kier molecular flexibility index (Phi) is 6.05. The summed E-state index contributed by atoms with van der Waals surface area (Å²) in [5.74, 6) is 6.48. The molecule has 1 aliphatic rings. The Morgan fingerprint density at radius 1 is 1.35 bits per heavy atom. The van der Waals surface area contributed by atoms with E-state index in [9.17, 15) is 0 Å². The zero-order valence-corrected chi connectivity index (χ0v) is 11.0. The molecule has 1 aliphatic heterocycles. The van der Waals surface area contributed by atoms with Crippen molar-refractivity contribution in [1.29, 1.82) is 5.26 Å². The third-order valence-electron chi connectivity index (χ3n) is 3.31. The zero-order chi connectivity index (χ0) is 12.6. The van der Waals surface area contributed by atoms with E-state index in [1.807, 2.05) is 6.92 Å². The van der Waals surface area contributed by atoms with Crippen molar-refractivity contribution in [3.63, 3.8) is 0 Å². The van der Waals surface area contributed by atoms with E-state index in [4.69, 9.17) is 10.00 Å². The lowest BCUT2D eigenvalue weighted by molar-refractivity contribution is -0.879. The average molecular weight is 235 g/mol. The minimum atomic E-state index is -0.379. The van der Waals surface area contributed by atoms with Crippen LogP contribution in [-0.2, 0) is 4.74 Å². The SMILES string of the molecule is CC[C@@](C)(C#CC[NH+]1CCCC1)OCCC#N. The van der Waals surface area contributed by atoms with Crippen LogP contribution in [0.15, 0.2) is 0 Å². The molecule has 1 rings (SSSR count). The normalized spacial score (nSPS) is 19.1. The van der Waals surface area contributed by atoms with Crippen LogP contribution in [0.2, 0.25) is 0 Å². The quantitative estimate of drug-likeness (QED) is 0.564. The van der Waals surface area contributed by atoms with Crippen molar-refractivity contribution in [2.24, 2.45) is 0 Å². The van der Waals surface area contributed by atoms with Gasteiger partial charge in [-0.25, -0.2) is 0 Å². The molecule has 0 aromatic rings.